The molecule has 0 aromatic rings. The maximum atomic E-state index is 12.4. The molecule has 0 saturated heterocycles. The molecular formula is C20H29ClO. The molecule has 0 amide bonds. The zero-order valence-corrected chi connectivity index (χ0v) is 14.8. The summed E-state index contributed by atoms with van der Waals surface area (Å²) in [6, 6.07) is 0. The number of ketones is 1. The highest BCUT2D eigenvalue weighted by Crippen LogP contribution is 2.64. The smallest absolute Gasteiger partial charge is 0.139 e. The van der Waals surface area contributed by atoms with Gasteiger partial charge in [-0.2, -0.15) is 0 Å². The number of carbonyl (C=O) groups is 1. The lowest BCUT2D eigenvalue weighted by atomic mass is 9.47. The molecule has 4 aliphatic carbocycles. The van der Waals surface area contributed by atoms with Crippen molar-refractivity contribution < 1.29 is 4.79 Å². The Labute approximate surface area is 139 Å². The summed E-state index contributed by atoms with van der Waals surface area (Å²) in [4.78, 5) is 12.4. The van der Waals surface area contributed by atoms with Crippen molar-refractivity contribution in [1.82, 2.24) is 0 Å². The van der Waals surface area contributed by atoms with E-state index in [0.29, 0.717) is 23.0 Å². The Morgan fingerprint density at radius 1 is 1.14 bits per heavy atom. The Bertz CT molecular complexity index is 524. The summed E-state index contributed by atoms with van der Waals surface area (Å²) in [5.41, 5.74) is 2.12. The molecule has 22 heavy (non-hydrogen) atoms. The number of hydrogen-bond acceptors (Lipinski definition) is 1. The van der Waals surface area contributed by atoms with Gasteiger partial charge in [-0.3, -0.25) is 4.79 Å². The quantitative estimate of drug-likeness (QED) is 0.468. The van der Waals surface area contributed by atoms with E-state index in [1.807, 2.05) is 0 Å². The van der Waals surface area contributed by atoms with Crippen LogP contribution in [0.2, 0.25) is 0 Å². The van der Waals surface area contributed by atoms with Crippen LogP contribution in [0.1, 0.15) is 65.2 Å². The van der Waals surface area contributed by atoms with Gasteiger partial charge in [0.1, 0.15) is 5.78 Å². The molecule has 0 heterocycles. The Morgan fingerprint density at radius 3 is 2.64 bits per heavy atom. The van der Waals surface area contributed by atoms with E-state index in [2.05, 4.69) is 19.9 Å². The summed E-state index contributed by atoms with van der Waals surface area (Å²) in [5, 5.41) is 0. The number of rotatable bonds is 1. The number of carbonyl (C=O) groups excluding carboxylic acids is 1. The minimum Gasteiger partial charge on any atom is -0.299 e. The summed E-state index contributed by atoms with van der Waals surface area (Å²) < 4.78 is 0. The molecule has 0 aromatic carbocycles. The predicted octanol–water partition coefficient (Wildman–Crippen LogP) is 5.37. The maximum Gasteiger partial charge on any atom is 0.139 e. The van der Waals surface area contributed by atoms with Crippen molar-refractivity contribution in [2.24, 2.45) is 34.5 Å². The second-order valence-corrected chi connectivity index (χ2v) is 9.25. The third-order valence-electron chi connectivity index (χ3n) is 8.13. The first-order chi connectivity index (χ1) is 10.5. The second-order valence-electron chi connectivity index (χ2n) is 8.94. The van der Waals surface area contributed by atoms with E-state index < -0.39 is 0 Å². The van der Waals surface area contributed by atoms with Crippen LogP contribution < -0.4 is 0 Å². The molecular weight excluding hydrogens is 292 g/mol. The van der Waals surface area contributed by atoms with Crippen LogP contribution in [0.5, 0.6) is 0 Å². The van der Waals surface area contributed by atoms with Gasteiger partial charge in [0.25, 0.3) is 0 Å². The normalized spacial score (nSPS) is 50.9. The lowest BCUT2D eigenvalue weighted by molar-refractivity contribution is -0.131. The Hall–Kier alpha value is -0.300. The fourth-order valence-corrected chi connectivity index (χ4v) is 6.90. The van der Waals surface area contributed by atoms with Crippen LogP contribution in [0.15, 0.2) is 11.6 Å². The fraction of sp³-hybridized carbons (Fsp3) is 0.850. The molecule has 0 bridgehead atoms. The SMILES string of the molecule is C[C@]12CC[C@H](CCl)CC1=CC[C@@H]1[C@@H]2CC[C@]2(C)C(=O)CC[C@@H]12. The van der Waals surface area contributed by atoms with Crippen molar-refractivity contribution in [3.63, 3.8) is 0 Å². The van der Waals surface area contributed by atoms with Crippen molar-refractivity contribution >= 4 is 17.4 Å². The fourth-order valence-electron chi connectivity index (χ4n) is 6.64. The Kier molecular flexibility index (Phi) is 3.53. The average Bonchev–Trinajstić information content (AvgIpc) is 2.82. The highest BCUT2D eigenvalue weighted by atomic mass is 35.5. The molecule has 2 heteroatoms. The van der Waals surface area contributed by atoms with E-state index in [4.69, 9.17) is 11.6 Å². The van der Waals surface area contributed by atoms with Gasteiger partial charge in [0.05, 0.1) is 0 Å². The molecule has 3 saturated carbocycles. The number of hydrogen-bond donors (Lipinski definition) is 0. The second kappa shape index (κ2) is 5.10. The maximum absolute atomic E-state index is 12.4. The first-order valence-corrected chi connectivity index (χ1v) is 9.81. The van der Waals surface area contributed by atoms with Crippen LogP contribution in [0.25, 0.3) is 0 Å². The molecule has 0 aromatic heterocycles. The van der Waals surface area contributed by atoms with Crippen molar-refractivity contribution in [2.45, 2.75) is 65.2 Å². The number of allylic oxidation sites excluding steroid dienone is 2. The number of alkyl halides is 1. The minimum atomic E-state index is 0.0101. The van der Waals surface area contributed by atoms with Gasteiger partial charge in [-0.15, -0.1) is 11.6 Å². The van der Waals surface area contributed by atoms with E-state index in [1.54, 1.807) is 5.57 Å². The van der Waals surface area contributed by atoms with Gasteiger partial charge < -0.3 is 0 Å². The van der Waals surface area contributed by atoms with Gasteiger partial charge in [0.15, 0.2) is 0 Å². The van der Waals surface area contributed by atoms with Crippen LogP contribution in [-0.4, -0.2) is 11.7 Å². The molecule has 0 unspecified atom stereocenters. The molecule has 0 N–H and O–H groups in total. The molecule has 122 valence electrons. The van der Waals surface area contributed by atoms with Gasteiger partial charge in [-0.05, 0) is 74.0 Å². The molecule has 3 fully saturated rings. The molecule has 0 aliphatic heterocycles. The Balaban J connectivity index is 1.66. The average molecular weight is 321 g/mol. The van der Waals surface area contributed by atoms with Crippen LogP contribution in [0, 0.1) is 34.5 Å². The molecule has 0 spiro atoms. The van der Waals surface area contributed by atoms with Gasteiger partial charge >= 0.3 is 0 Å². The van der Waals surface area contributed by atoms with Crippen molar-refractivity contribution in [2.75, 3.05) is 5.88 Å². The van der Waals surface area contributed by atoms with E-state index in [9.17, 15) is 4.79 Å². The largest absolute Gasteiger partial charge is 0.299 e. The summed E-state index contributed by atoms with van der Waals surface area (Å²) in [6.45, 7) is 4.80. The minimum absolute atomic E-state index is 0.0101. The summed E-state index contributed by atoms with van der Waals surface area (Å²) in [6.07, 6.45) is 12.0. The lowest BCUT2D eigenvalue weighted by Crippen LogP contribution is -2.50. The van der Waals surface area contributed by atoms with Gasteiger partial charge in [-0.1, -0.05) is 25.5 Å². The van der Waals surface area contributed by atoms with Crippen molar-refractivity contribution in [3.05, 3.63) is 11.6 Å². The molecule has 0 radical (unpaired) electrons. The summed E-state index contributed by atoms with van der Waals surface area (Å²) >= 11 is 6.14. The van der Waals surface area contributed by atoms with Crippen molar-refractivity contribution in [3.8, 4) is 0 Å². The third kappa shape index (κ3) is 1.93. The number of fused-ring (bicyclic) bond motifs is 5. The number of Topliss-reactive ketones (excluding diaryl/α,β-unsaturated/α-hetero) is 1. The van der Waals surface area contributed by atoms with Gasteiger partial charge in [0.2, 0.25) is 0 Å². The van der Waals surface area contributed by atoms with Crippen molar-refractivity contribution in [1.29, 1.82) is 0 Å². The van der Waals surface area contributed by atoms with E-state index in [-0.39, 0.29) is 5.41 Å². The summed E-state index contributed by atoms with van der Waals surface area (Å²) in [7, 11) is 0. The van der Waals surface area contributed by atoms with Crippen LogP contribution >= 0.6 is 11.6 Å². The van der Waals surface area contributed by atoms with E-state index >= 15 is 0 Å². The van der Waals surface area contributed by atoms with Gasteiger partial charge in [0, 0.05) is 17.7 Å². The molecule has 1 nitrogen and oxygen atoms in total. The lowest BCUT2D eigenvalue weighted by Gasteiger charge is -2.57. The monoisotopic (exact) mass is 320 g/mol. The topological polar surface area (TPSA) is 17.1 Å². The highest BCUT2D eigenvalue weighted by Gasteiger charge is 2.58. The predicted molar refractivity (Wildman–Crippen MR) is 90.9 cm³/mol. The zero-order chi connectivity index (χ0) is 15.5. The van der Waals surface area contributed by atoms with Crippen LogP contribution in [0.4, 0.5) is 0 Å². The third-order valence-corrected chi connectivity index (χ3v) is 8.57. The Morgan fingerprint density at radius 2 is 1.86 bits per heavy atom. The van der Waals surface area contributed by atoms with Crippen LogP contribution in [0.3, 0.4) is 0 Å². The highest BCUT2D eigenvalue weighted by molar-refractivity contribution is 6.18. The van der Waals surface area contributed by atoms with E-state index in [0.717, 1.165) is 37.0 Å². The molecule has 6 atom stereocenters. The van der Waals surface area contributed by atoms with E-state index in [1.165, 1.54) is 32.1 Å². The first-order valence-electron chi connectivity index (χ1n) is 9.28. The van der Waals surface area contributed by atoms with Crippen LogP contribution in [-0.2, 0) is 4.79 Å². The standard InChI is InChI=1S/C20H29ClO/c1-19-9-7-13(12-21)11-14(19)3-4-15-16-5-6-18(22)20(16,2)10-8-17(15)19/h3,13,15-17H,4-12H2,1-2H3/t13-,15-,16-,17-,19-,20-/m0/s1. The molecule has 4 aliphatic rings. The zero-order valence-electron chi connectivity index (χ0n) is 14.0. The number of halogens is 1. The molecule has 4 rings (SSSR count). The van der Waals surface area contributed by atoms with Gasteiger partial charge in [-0.25, -0.2) is 0 Å². The summed E-state index contributed by atoms with van der Waals surface area (Å²) in [5.74, 6) is 4.29. The first kappa shape index (κ1) is 15.2.